The van der Waals surface area contributed by atoms with Gasteiger partial charge >= 0.3 is 5.97 Å². The van der Waals surface area contributed by atoms with Crippen molar-refractivity contribution in [3.8, 4) is 5.69 Å². The molecular formula is C28H26FN5O4S. The molecule has 0 radical (unpaired) electrons. The summed E-state index contributed by atoms with van der Waals surface area (Å²) >= 11 is 1.14. The van der Waals surface area contributed by atoms with E-state index in [4.69, 9.17) is 4.74 Å². The van der Waals surface area contributed by atoms with Crippen LogP contribution < -0.4 is 10.6 Å². The van der Waals surface area contributed by atoms with Crippen LogP contribution in [0.3, 0.4) is 0 Å². The fourth-order valence-electron chi connectivity index (χ4n) is 3.64. The van der Waals surface area contributed by atoms with Crippen LogP contribution in [0.25, 0.3) is 5.69 Å². The second kappa shape index (κ2) is 12.8. The third-order valence-electron chi connectivity index (χ3n) is 5.48. The molecule has 0 atom stereocenters. The Hall–Kier alpha value is -4.51. The van der Waals surface area contributed by atoms with Gasteiger partial charge in [-0.05, 0) is 74.5 Å². The Morgan fingerprint density at radius 2 is 1.72 bits per heavy atom. The summed E-state index contributed by atoms with van der Waals surface area (Å²) in [5, 5.41) is 14.4. The van der Waals surface area contributed by atoms with E-state index in [1.165, 1.54) is 12.1 Å². The van der Waals surface area contributed by atoms with Gasteiger partial charge in [-0.15, -0.1) is 10.2 Å². The Labute approximate surface area is 228 Å². The zero-order valence-corrected chi connectivity index (χ0v) is 22.1. The molecule has 4 rings (SSSR count). The Morgan fingerprint density at radius 1 is 0.974 bits per heavy atom. The maximum absolute atomic E-state index is 13.6. The molecule has 4 aromatic rings. The van der Waals surface area contributed by atoms with E-state index in [9.17, 15) is 18.8 Å². The standard InChI is InChI=1S/C28H26FN5O4S/c1-3-38-27(37)19-7-11-22(12-8-19)31-25(35)17-39-28-33-32-24(34(28)23-13-9-21(29)10-14-23)16-30-26(36)20-6-4-5-18(2)15-20/h4-15H,3,16-17H2,1-2H3,(H,30,36)(H,31,35). The number of halogens is 1. The summed E-state index contributed by atoms with van der Waals surface area (Å²) in [5.74, 6) is -0.975. The first kappa shape index (κ1) is 27.5. The maximum Gasteiger partial charge on any atom is 0.338 e. The van der Waals surface area contributed by atoms with Gasteiger partial charge in [0.05, 0.1) is 24.5 Å². The number of anilines is 1. The van der Waals surface area contributed by atoms with E-state index in [0.29, 0.717) is 33.5 Å². The number of nitrogens with zero attached hydrogens (tertiary/aromatic N) is 3. The Kier molecular flexibility index (Phi) is 9.06. The first-order chi connectivity index (χ1) is 18.8. The number of esters is 1. The zero-order chi connectivity index (χ0) is 27.8. The molecule has 0 unspecified atom stereocenters. The van der Waals surface area contributed by atoms with Crippen LogP contribution in [0.15, 0.2) is 78.0 Å². The van der Waals surface area contributed by atoms with E-state index in [1.54, 1.807) is 66.1 Å². The van der Waals surface area contributed by atoms with Gasteiger partial charge in [0.2, 0.25) is 5.91 Å². The molecule has 2 amide bonds. The van der Waals surface area contributed by atoms with Crippen molar-refractivity contribution < 1.29 is 23.5 Å². The zero-order valence-electron chi connectivity index (χ0n) is 21.3. The van der Waals surface area contributed by atoms with Crippen LogP contribution in [0.4, 0.5) is 10.1 Å². The molecule has 0 spiro atoms. The van der Waals surface area contributed by atoms with Gasteiger partial charge in [-0.25, -0.2) is 9.18 Å². The Balaban J connectivity index is 1.45. The number of benzene rings is 3. The third-order valence-corrected chi connectivity index (χ3v) is 6.41. The number of aromatic nitrogens is 3. The molecule has 39 heavy (non-hydrogen) atoms. The van der Waals surface area contributed by atoms with Crippen LogP contribution >= 0.6 is 11.8 Å². The average molecular weight is 548 g/mol. The van der Waals surface area contributed by atoms with E-state index < -0.39 is 11.8 Å². The molecule has 3 aromatic carbocycles. The highest BCUT2D eigenvalue weighted by atomic mass is 32.2. The number of ether oxygens (including phenoxy) is 1. The van der Waals surface area contributed by atoms with Crippen molar-refractivity contribution in [2.45, 2.75) is 25.5 Å². The topological polar surface area (TPSA) is 115 Å². The molecule has 0 aliphatic heterocycles. The summed E-state index contributed by atoms with van der Waals surface area (Å²) in [6.45, 7) is 3.97. The van der Waals surface area contributed by atoms with E-state index in [2.05, 4.69) is 20.8 Å². The van der Waals surface area contributed by atoms with Gasteiger partial charge in [0.25, 0.3) is 5.91 Å². The number of amides is 2. The van der Waals surface area contributed by atoms with Crippen molar-refractivity contribution in [3.63, 3.8) is 0 Å². The third kappa shape index (κ3) is 7.29. The number of aryl methyl sites for hydroxylation is 1. The Morgan fingerprint density at radius 3 is 2.41 bits per heavy atom. The Bertz CT molecular complexity index is 1470. The minimum absolute atomic E-state index is 0.00854. The monoisotopic (exact) mass is 547 g/mol. The predicted octanol–water partition coefficient (Wildman–Crippen LogP) is 4.55. The lowest BCUT2D eigenvalue weighted by molar-refractivity contribution is -0.113. The van der Waals surface area contributed by atoms with Crippen LogP contribution in [0.5, 0.6) is 0 Å². The minimum atomic E-state index is -0.433. The molecule has 0 bridgehead atoms. The summed E-state index contributed by atoms with van der Waals surface area (Å²) in [5.41, 5.74) is 2.97. The minimum Gasteiger partial charge on any atom is -0.462 e. The number of hydrogen-bond donors (Lipinski definition) is 2. The van der Waals surface area contributed by atoms with Crippen molar-refractivity contribution in [1.29, 1.82) is 0 Å². The number of carbonyl (C=O) groups is 3. The first-order valence-corrected chi connectivity index (χ1v) is 13.1. The molecule has 2 N–H and O–H groups in total. The number of rotatable bonds is 10. The second-order valence-electron chi connectivity index (χ2n) is 8.40. The van der Waals surface area contributed by atoms with E-state index in [-0.39, 0.29) is 30.7 Å². The molecule has 1 heterocycles. The molecule has 200 valence electrons. The molecule has 1 aromatic heterocycles. The second-order valence-corrected chi connectivity index (χ2v) is 9.34. The van der Waals surface area contributed by atoms with Gasteiger partial charge in [-0.3, -0.25) is 14.2 Å². The normalized spacial score (nSPS) is 10.6. The quantitative estimate of drug-likeness (QED) is 0.221. The largest absolute Gasteiger partial charge is 0.462 e. The molecule has 9 nitrogen and oxygen atoms in total. The SMILES string of the molecule is CCOC(=O)c1ccc(NC(=O)CSc2nnc(CNC(=O)c3cccc(C)c3)n2-c2ccc(F)cc2)cc1. The first-order valence-electron chi connectivity index (χ1n) is 12.1. The lowest BCUT2D eigenvalue weighted by atomic mass is 10.1. The van der Waals surface area contributed by atoms with Crippen LogP contribution in [-0.4, -0.2) is 44.9 Å². The average Bonchev–Trinajstić information content (AvgIpc) is 3.34. The highest BCUT2D eigenvalue weighted by Gasteiger charge is 2.17. The van der Waals surface area contributed by atoms with Crippen molar-refractivity contribution in [3.05, 3.63) is 101 Å². The number of thioether (sulfide) groups is 1. The van der Waals surface area contributed by atoms with Crippen LogP contribution in [0.2, 0.25) is 0 Å². The van der Waals surface area contributed by atoms with Crippen LogP contribution in [0, 0.1) is 12.7 Å². The van der Waals surface area contributed by atoms with Gasteiger partial charge in [-0.1, -0.05) is 29.5 Å². The van der Waals surface area contributed by atoms with Gasteiger partial charge in [0.15, 0.2) is 11.0 Å². The molecule has 0 saturated heterocycles. The summed E-state index contributed by atoms with van der Waals surface area (Å²) in [4.78, 5) is 37.1. The molecular weight excluding hydrogens is 521 g/mol. The molecule has 0 saturated carbocycles. The summed E-state index contributed by atoms with van der Waals surface area (Å²) < 4.78 is 20.2. The molecule has 0 fully saturated rings. The maximum atomic E-state index is 13.6. The van der Waals surface area contributed by atoms with E-state index >= 15 is 0 Å². The lowest BCUT2D eigenvalue weighted by Gasteiger charge is -2.11. The summed E-state index contributed by atoms with van der Waals surface area (Å²) in [6.07, 6.45) is 0. The van der Waals surface area contributed by atoms with Gasteiger partial charge in [0, 0.05) is 16.9 Å². The van der Waals surface area contributed by atoms with Crippen molar-refractivity contribution in [1.82, 2.24) is 20.1 Å². The van der Waals surface area contributed by atoms with Crippen LogP contribution in [0.1, 0.15) is 39.0 Å². The van der Waals surface area contributed by atoms with Crippen LogP contribution in [-0.2, 0) is 16.1 Å². The summed E-state index contributed by atoms with van der Waals surface area (Å²) in [7, 11) is 0. The summed E-state index contributed by atoms with van der Waals surface area (Å²) in [6, 6.07) is 19.3. The highest BCUT2D eigenvalue weighted by Crippen LogP contribution is 2.23. The molecule has 11 heteroatoms. The lowest BCUT2D eigenvalue weighted by Crippen LogP contribution is -2.24. The van der Waals surface area contributed by atoms with E-state index in [1.807, 2.05) is 13.0 Å². The smallest absolute Gasteiger partial charge is 0.338 e. The number of nitrogens with one attached hydrogen (secondary N) is 2. The highest BCUT2D eigenvalue weighted by molar-refractivity contribution is 7.99. The molecule has 0 aliphatic rings. The van der Waals surface area contributed by atoms with Crippen molar-refractivity contribution >= 4 is 35.2 Å². The van der Waals surface area contributed by atoms with Crippen molar-refractivity contribution in [2.75, 3.05) is 17.7 Å². The fourth-order valence-corrected chi connectivity index (χ4v) is 4.41. The van der Waals surface area contributed by atoms with Gasteiger partial charge in [0.1, 0.15) is 5.82 Å². The number of hydrogen-bond acceptors (Lipinski definition) is 7. The predicted molar refractivity (Wildman–Crippen MR) is 145 cm³/mol. The fraction of sp³-hybridized carbons (Fsp3) is 0.179. The number of carbonyl (C=O) groups excluding carboxylic acids is 3. The van der Waals surface area contributed by atoms with Crippen molar-refractivity contribution in [2.24, 2.45) is 0 Å². The van der Waals surface area contributed by atoms with E-state index in [0.717, 1.165) is 17.3 Å². The molecule has 0 aliphatic carbocycles. The van der Waals surface area contributed by atoms with Gasteiger partial charge < -0.3 is 15.4 Å². The van der Waals surface area contributed by atoms with Gasteiger partial charge in [-0.2, -0.15) is 0 Å².